The van der Waals surface area contributed by atoms with Crippen LogP contribution in [0, 0.1) is 0 Å². The summed E-state index contributed by atoms with van der Waals surface area (Å²) in [4.78, 5) is 15.7. The zero-order chi connectivity index (χ0) is 15.4. The largest absolute Gasteiger partial charge is 0.465 e. The molecule has 2 aromatic rings. The summed E-state index contributed by atoms with van der Waals surface area (Å²) in [5, 5.41) is 3.23. The number of hydrogen-bond donors (Lipinski definition) is 2. The van der Waals surface area contributed by atoms with Crippen LogP contribution in [-0.2, 0) is 11.3 Å². The number of esters is 1. The standard InChI is InChI=1S/C14H17IN4O2/c1-9(15)19-8-17-6-11(19)7-18-13-5-10(14(20)21-2)3-4-12(13)16/h3-6,8-9,18H,7,16H2,1-2H3. The van der Waals surface area contributed by atoms with E-state index in [0.717, 1.165) is 5.69 Å². The van der Waals surface area contributed by atoms with Crippen LogP contribution >= 0.6 is 22.6 Å². The molecule has 2 rings (SSSR count). The Labute approximate surface area is 136 Å². The molecule has 3 N–H and O–H groups in total. The molecule has 0 aliphatic carbocycles. The number of alkyl halides is 1. The number of rotatable bonds is 5. The summed E-state index contributed by atoms with van der Waals surface area (Å²) in [5.74, 6) is -0.385. The Balaban J connectivity index is 2.16. The van der Waals surface area contributed by atoms with Crippen LogP contribution in [0.5, 0.6) is 0 Å². The molecule has 0 aliphatic rings. The van der Waals surface area contributed by atoms with Crippen LogP contribution in [0.4, 0.5) is 11.4 Å². The van der Waals surface area contributed by atoms with Crippen molar-refractivity contribution in [3.8, 4) is 0 Å². The Kier molecular flexibility index (Phi) is 5.05. The van der Waals surface area contributed by atoms with Crippen LogP contribution < -0.4 is 11.1 Å². The van der Waals surface area contributed by atoms with Gasteiger partial charge in [0.05, 0.1) is 46.7 Å². The van der Waals surface area contributed by atoms with Crippen molar-refractivity contribution in [1.29, 1.82) is 0 Å². The van der Waals surface area contributed by atoms with E-state index in [0.29, 0.717) is 27.5 Å². The fourth-order valence-corrected chi connectivity index (χ4v) is 2.43. The van der Waals surface area contributed by atoms with Gasteiger partial charge in [-0.25, -0.2) is 9.78 Å². The molecule has 0 saturated heterocycles. The number of anilines is 2. The molecule has 1 aromatic heterocycles. The topological polar surface area (TPSA) is 82.2 Å². The zero-order valence-corrected chi connectivity index (χ0v) is 14.0. The van der Waals surface area contributed by atoms with Gasteiger partial charge in [-0.15, -0.1) is 0 Å². The van der Waals surface area contributed by atoms with Gasteiger partial charge in [-0.2, -0.15) is 0 Å². The number of carbonyl (C=O) groups excluding carboxylic acids is 1. The molecule has 1 unspecified atom stereocenters. The lowest BCUT2D eigenvalue weighted by molar-refractivity contribution is 0.0601. The van der Waals surface area contributed by atoms with Gasteiger partial charge < -0.3 is 20.4 Å². The number of methoxy groups -OCH3 is 1. The molecule has 0 radical (unpaired) electrons. The van der Waals surface area contributed by atoms with E-state index in [2.05, 4.69) is 44.4 Å². The lowest BCUT2D eigenvalue weighted by Gasteiger charge is -2.13. The highest BCUT2D eigenvalue weighted by Crippen LogP contribution is 2.22. The third-order valence-corrected chi connectivity index (χ3v) is 3.66. The van der Waals surface area contributed by atoms with Crippen molar-refractivity contribution >= 4 is 39.9 Å². The van der Waals surface area contributed by atoms with Crippen molar-refractivity contribution in [2.75, 3.05) is 18.2 Å². The van der Waals surface area contributed by atoms with Gasteiger partial charge in [-0.3, -0.25) is 0 Å². The molecule has 112 valence electrons. The Morgan fingerprint density at radius 1 is 1.57 bits per heavy atom. The molecular weight excluding hydrogens is 383 g/mol. The zero-order valence-electron chi connectivity index (χ0n) is 11.8. The third-order valence-electron chi connectivity index (χ3n) is 3.06. The monoisotopic (exact) mass is 400 g/mol. The fourth-order valence-electron chi connectivity index (χ4n) is 1.93. The molecule has 0 fully saturated rings. The molecule has 6 nitrogen and oxygen atoms in total. The maximum atomic E-state index is 11.5. The second-order valence-corrected chi connectivity index (χ2v) is 6.32. The molecule has 0 spiro atoms. The predicted molar refractivity (Wildman–Crippen MR) is 90.5 cm³/mol. The van der Waals surface area contributed by atoms with Crippen molar-refractivity contribution in [3.63, 3.8) is 0 Å². The lowest BCUT2D eigenvalue weighted by Crippen LogP contribution is -2.09. The van der Waals surface area contributed by atoms with Crippen LogP contribution in [0.15, 0.2) is 30.7 Å². The minimum atomic E-state index is -0.385. The first-order valence-corrected chi connectivity index (χ1v) is 7.64. The van der Waals surface area contributed by atoms with E-state index in [9.17, 15) is 4.79 Å². The second-order valence-electron chi connectivity index (χ2n) is 4.51. The predicted octanol–water partition coefficient (Wildman–Crippen LogP) is 2.82. The Morgan fingerprint density at radius 2 is 2.33 bits per heavy atom. The lowest BCUT2D eigenvalue weighted by atomic mass is 10.1. The minimum Gasteiger partial charge on any atom is -0.465 e. The van der Waals surface area contributed by atoms with Crippen molar-refractivity contribution in [2.45, 2.75) is 17.5 Å². The number of hydrogen-bond acceptors (Lipinski definition) is 5. The molecule has 1 aromatic carbocycles. The van der Waals surface area contributed by atoms with E-state index in [1.54, 1.807) is 24.5 Å². The van der Waals surface area contributed by atoms with Crippen LogP contribution in [0.1, 0.15) is 27.0 Å². The minimum absolute atomic E-state index is 0.306. The summed E-state index contributed by atoms with van der Waals surface area (Å²) in [6, 6.07) is 5.02. The number of aromatic nitrogens is 2. The fraction of sp³-hybridized carbons (Fsp3) is 0.286. The molecule has 1 atom stereocenters. The average Bonchev–Trinajstić information content (AvgIpc) is 2.94. The molecule has 0 amide bonds. The summed E-state index contributed by atoms with van der Waals surface area (Å²) in [7, 11) is 1.35. The van der Waals surface area contributed by atoms with E-state index in [-0.39, 0.29) is 5.97 Å². The summed E-state index contributed by atoms with van der Waals surface area (Å²) >= 11 is 2.32. The third kappa shape index (κ3) is 3.66. The number of nitrogens with two attached hydrogens (primary N) is 1. The smallest absolute Gasteiger partial charge is 0.337 e. The number of imidazole rings is 1. The number of benzene rings is 1. The highest BCUT2D eigenvalue weighted by atomic mass is 127. The number of halogens is 1. The molecule has 0 saturated carbocycles. The number of nitrogens with one attached hydrogen (secondary N) is 1. The number of nitrogens with zero attached hydrogens (tertiary/aromatic N) is 2. The normalized spacial score (nSPS) is 12.0. The first kappa shape index (κ1) is 15.6. The number of nitrogen functional groups attached to an aromatic ring is 1. The molecular formula is C14H17IN4O2. The van der Waals surface area contributed by atoms with E-state index in [1.165, 1.54) is 7.11 Å². The highest BCUT2D eigenvalue weighted by molar-refractivity contribution is 14.1. The van der Waals surface area contributed by atoms with Gasteiger partial charge in [-0.05, 0) is 25.1 Å². The quantitative estimate of drug-likeness (QED) is 0.349. The molecule has 0 bridgehead atoms. The van der Waals surface area contributed by atoms with Gasteiger partial charge >= 0.3 is 5.97 Å². The van der Waals surface area contributed by atoms with Crippen LogP contribution in [-0.4, -0.2) is 22.6 Å². The molecule has 0 aliphatic heterocycles. The van der Waals surface area contributed by atoms with E-state index < -0.39 is 0 Å². The van der Waals surface area contributed by atoms with Gasteiger partial charge in [0.2, 0.25) is 0 Å². The highest BCUT2D eigenvalue weighted by Gasteiger charge is 2.10. The van der Waals surface area contributed by atoms with Gasteiger partial charge in [0, 0.05) is 6.20 Å². The van der Waals surface area contributed by atoms with Gasteiger partial charge in [0.15, 0.2) is 0 Å². The number of ether oxygens (including phenoxy) is 1. The van der Waals surface area contributed by atoms with E-state index >= 15 is 0 Å². The summed E-state index contributed by atoms with van der Waals surface area (Å²) < 4.78 is 7.08. The first-order valence-electron chi connectivity index (χ1n) is 6.39. The van der Waals surface area contributed by atoms with E-state index in [1.807, 2.05) is 6.20 Å². The SMILES string of the molecule is COC(=O)c1ccc(N)c(NCc2cncn2C(C)I)c1. The Morgan fingerprint density at radius 3 is 3.00 bits per heavy atom. The Bertz CT molecular complexity index is 640. The summed E-state index contributed by atoms with van der Waals surface area (Å²) in [6.07, 6.45) is 3.60. The average molecular weight is 400 g/mol. The Hall–Kier alpha value is -1.77. The maximum absolute atomic E-state index is 11.5. The molecule has 1 heterocycles. The molecule has 7 heteroatoms. The van der Waals surface area contributed by atoms with Crippen LogP contribution in [0.3, 0.4) is 0 Å². The van der Waals surface area contributed by atoms with Crippen molar-refractivity contribution in [2.24, 2.45) is 0 Å². The second kappa shape index (κ2) is 6.79. The first-order chi connectivity index (χ1) is 10.0. The van der Waals surface area contributed by atoms with Crippen LogP contribution in [0.2, 0.25) is 0 Å². The van der Waals surface area contributed by atoms with Crippen molar-refractivity contribution < 1.29 is 9.53 Å². The van der Waals surface area contributed by atoms with Gasteiger partial charge in [0.1, 0.15) is 0 Å². The number of carbonyl (C=O) groups is 1. The van der Waals surface area contributed by atoms with Gasteiger partial charge in [-0.1, -0.05) is 22.6 Å². The van der Waals surface area contributed by atoms with Crippen molar-refractivity contribution in [3.05, 3.63) is 42.0 Å². The van der Waals surface area contributed by atoms with Crippen molar-refractivity contribution in [1.82, 2.24) is 9.55 Å². The van der Waals surface area contributed by atoms with E-state index in [4.69, 9.17) is 10.5 Å². The van der Waals surface area contributed by atoms with Gasteiger partial charge in [0.25, 0.3) is 0 Å². The summed E-state index contributed by atoms with van der Waals surface area (Å²) in [6.45, 7) is 2.65. The maximum Gasteiger partial charge on any atom is 0.337 e. The molecule has 21 heavy (non-hydrogen) atoms. The van der Waals surface area contributed by atoms with Crippen LogP contribution in [0.25, 0.3) is 0 Å². The summed E-state index contributed by atoms with van der Waals surface area (Å²) in [5.41, 5.74) is 8.71.